The van der Waals surface area contributed by atoms with E-state index in [1.54, 1.807) is 24.3 Å². The summed E-state index contributed by atoms with van der Waals surface area (Å²) >= 11 is 0. The van der Waals surface area contributed by atoms with Crippen molar-refractivity contribution in [1.82, 2.24) is 9.62 Å². The molecule has 1 fully saturated rings. The number of hydrogen-bond donors (Lipinski definition) is 1. The van der Waals surface area contributed by atoms with Crippen LogP contribution >= 0.6 is 0 Å². The summed E-state index contributed by atoms with van der Waals surface area (Å²) in [6.45, 7) is 3.62. The Morgan fingerprint density at radius 3 is 2.68 bits per heavy atom. The van der Waals surface area contributed by atoms with E-state index in [0.29, 0.717) is 17.8 Å². The number of piperidine rings is 1. The van der Waals surface area contributed by atoms with Crippen molar-refractivity contribution in [2.24, 2.45) is 4.99 Å². The van der Waals surface area contributed by atoms with E-state index in [1.807, 2.05) is 4.90 Å². The van der Waals surface area contributed by atoms with E-state index in [9.17, 15) is 13.2 Å². The standard InChI is InChI=1S/C18H25N3O3S/c1-2-3-10-15(18(22)21-12-7-4-8-13-21)19-17-14-9-5-6-11-16(14)25(23,24)20-17/h5-6,9,11,15H,2-4,7-8,10,12-13H2,1H3,(H,19,20). The highest BCUT2D eigenvalue weighted by Gasteiger charge is 2.32. The van der Waals surface area contributed by atoms with Crippen molar-refractivity contribution in [2.45, 2.75) is 56.4 Å². The molecule has 3 rings (SSSR count). The fourth-order valence-corrected chi connectivity index (χ4v) is 4.59. The lowest BCUT2D eigenvalue weighted by Crippen LogP contribution is -2.42. The van der Waals surface area contributed by atoms with E-state index in [1.165, 1.54) is 0 Å². The number of amides is 1. The largest absolute Gasteiger partial charge is 0.341 e. The smallest absolute Gasteiger partial charge is 0.263 e. The molecule has 1 unspecified atom stereocenters. The second-order valence-corrected chi connectivity index (χ2v) is 8.27. The molecule has 2 aliphatic heterocycles. The van der Waals surface area contributed by atoms with Crippen LogP contribution in [0.1, 0.15) is 51.0 Å². The van der Waals surface area contributed by atoms with Gasteiger partial charge in [-0.3, -0.25) is 14.5 Å². The van der Waals surface area contributed by atoms with E-state index in [-0.39, 0.29) is 10.8 Å². The third-order valence-electron chi connectivity index (χ3n) is 4.73. The van der Waals surface area contributed by atoms with Gasteiger partial charge in [0.05, 0.1) is 4.90 Å². The summed E-state index contributed by atoms with van der Waals surface area (Å²) in [5.74, 6) is 0.311. The summed E-state index contributed by atoms with van der Waals surface area (Å²) < 4.78 is 27.0. The molecule has 0 saturated carbocycles. The fraction of sp³-hybridized carbons (Fsp3) is 0.556. The molecular weight excluding hydrogens is 338 g/mol. The number of nitrogens with zero attached hydrogens (tertiary/aromatic N) is 2. The Morgan fingerprint density at radius 1 is 1.24 bits per heavy atom. The number of carbonyl (C=O) groups is 1. The Bertz CT molecular complexity index is 768. The maximum absolute atomic E-state index is 12.9. The molecule has 0 radical (unpaired) electrons. The van der Waals surface area contributed by atoms with E-state index in [4.69, 9.17) is 0 Å². The van der Waals surface area contributed by atoms with Gasteiger partial charge in [0, 0.05) is 18.7 Å². The van der Waals surface area contributed by atoms with Crippen LogP contribution in [0.4, 0.5) is 0 Å². The topological polar surface area (TPSA) is 78.8 Å². The summed E-state index contributed by atoms with van der Waals surface area (Å²) in [6, 6.07) is 6.24. The number of hydrogen-bond acceptors (Lipinski definition) is 4. The molecular formula is C18H25N3O3S. The van der Waals surface area contributed by atoms with Gasteiger partial charge in [0.2, 0.25) is 5.91 Å². The summed E-state index contributed by atoms with van der Waals surface area (Å²) in [7, 11) is -3.58. The second kappa shape index (κ2) is 7.56. The van der Waals surface area contributed by atoms with Gasteiger partial charge in [-0.15, -0.1) is 0 Å². The first-order valence-electron chi connectivity index (χ1n) is 9.01. The average molecular weight is 363 g/mol. The number of carbonyl (C=O) groups excluding carboxylic acids is 1. The number of sulfonamides is 1. The van der Waals surface area contributed by atoms with Crippen LogP contribution in [-0.4, -0.2) is 44.2 Å². The molecule has 1 aromatic rings. The molecule has 1 aromatic carbocycles. The maximum Gasteiger partial charge on any atom is 0.263 e. The van der Waals surface area contributed by atoms with Crippen LogP contribution in [0.3, 0.4) is 0 Å². The number of benzene rings is 1. The van der Waals surface area contributed by atoms with Crippen molar-refractivity contribution in [1.29, 1.82) is 0 Å². The van der Waals surface area contributed by atoms with Crippen LogP contribution in [0.5, 0.6) is 0 Å². The molecule has 0 aliphatic carbocycles. The number of unbranched alkanes of at least 4 members (excludes halogenated alkanes) is 1. The Labute approximate surface area is 149 Å². The normalized spacial score (nSPS) is 21.6. The SMILES string of the molecule is CCCCC(N=C1NS(=O)(=O)c2ccccc21)C(=O)N1CCCCC1. The molecule has 6 nitrogen and oxygen atoms in total. The van der Waals surface area contributed by atoms with Crippen molar-refractivity contribution in [3.63, 3.8) is 0 Å². The first kappa shape index (κ1) is 17.9. The highest BCUT2D eigenvalue weighted by Crippen LogP contribution is 2.24. The molecule has 2 heterocycles. The number of amidine groups is 1. The molecule has 2 aliphatic rings. The van der Waals surface area contributed by atoms with E-state index in [2.05, 4.69) is 16.6 Å². The Kier molecular flexibility index (Phi) is 5.42. The zero-order valence-corrected chi connectivity index (χ0v) is 15.4. The highest BCUT2D eigenvalue weighted by molar-refractivity contribution is 7.90. The van der Waals surface area contributed by atoms with Crippen LogP contribution in [-0.2, 0) is 14.8 Å². The first-order valence-corrected chi connectivity index (χ1v) is 10.5. The third-order valence-corrected chi connectivity index (χ3v) is 6.13. The van der Waals surface area contributed by atoms with Crippen molar-refractivity contribution in [3.8, 4) is 0 Å². The van der Waals surface area contributed by atoms with Gasteiger partial charge in [-0.1, -0.05) is 31.9 Å². The fourth-order valence-electron chi connectivity index (χ4n) is 3.35. The lowest BCUT2D eigenvalue weighted by molar-refractivity contribution is -0.133. The van der Waals surface area contributed by atoms with E-state index < -0.39 is 16.1 Å². The maximum atomic E-state index is 12.9. The molecule has 0 aromatic heterocycles. The van der Waals surface area contributed by atoms with Crippen LogP contribution in [0.25, 0.3) is 0 Å². The predicted molar refractivity (Wildman–Crippen MR) is 97.0 cm³/mol. The Balaban J connectivity index is 1.89. The number of fused-ring (bicyclic) bond motifs is 1. The van der Waals surface area contributed by atoms with Crippen LogP contribution < -0.4 is 4.72 Å². The quantitative estimate of drug-likeness (QED) is 0.872. The van der Waals surface area contributed by atoms with Gasteiger partial charge >= 0.3 is 0 Å². The van der Waals surface area contributed by atoms with Gasteiger partial charge in [0.1, 0.15) is 11.9 Å². The Hall–Kier alpha value is -1.89. The predicted octanol–water partition coefficient (Wildman–Crippen LogP) is 2.30. The molecule has 1 N–H and O–H groups in total. The number of nitrogens with one attached hydrogen (secondary N) is 1. The monoisotopic (exact) mass is 363 g/mol. The van der Waals surface area contributed by atoms with Gasteiger partial charge in [-0.25, -0.2) is 8.42 Å². The number of aliphatic imine (C=N–C) groups is 1. The minimum absolute atomic E-state index is 0.0178. The molecule has 1 saturated heterocycles. The summed E-state index contributed by atoms with van der Waals surface area (Å²) in [5.41, 5.74) is 0.551. The van der Waals surface area contributed by atoms with Crippen molar-refractivity contribution < 1.29 is 13.2 Å². The van der Waals surface area contributed by atoms with Crippen LogP contribution in [0, 0.1) is 0 Å². The highest BCUT2D eigenvalue weighted by atomic mass is 32.2. The molecule has 7 heteroatoms. The zero-order chi connectivity index (χ0) is 17.9. The van der Waals surface area contributed by atoms with Crippen LogP contribution in [0.15, 0.2) is 34.2 Å². The molecule has 0 spiro atoms. The minimum Gasteiger partial charge on any atom is -0.341 e. The van der Waals surface area contributed by atoms with Crippen molar-refractivity contribution in [2.75, 3.05) is 13.1 Å². The molecule has 136 valence electrons. The first-order chi connectivity index (χ1) is 12.0. The molecule has 1 atom stereocenters. The lowest BCUT2D eigenvalue weighted by atomic mass is 10.1. The van der Waals surface area contributed by atoms with Gasteiger partial charge in [-0.05, 0) is 37.8 Å². The lowest BCUT2D eigenvalue weighted by Gasteiger charge is -2.29. The van der Waals surface area contributed by atoms with Gasteiger partial charge in [0.25, 0.3) is 10.0 Å². The number of rotatable bonds is 5. The molecule has 0 bridgehead atoms. The average Bonchev–Trinajstić information content (AvgIpc) is 2.89. The Morgan fingerprint density at radius 2 is 1.96 bits per heavy atom. The zero-order valence-electron chi connectivity index (χ0n) is 14.6. The van der Waals surface area contributed by atoms with Crippen molar-refractivity contribution in [3.05, 3.63) is 29.8 Å². The van der Waals surface area contributed by atoms with Gasteiger partial charge in [0.15, 0.2) is 0 Å². The van der Waals surface area contributed by atoms with E-state index in [0.717, 1.165) is 45.2 Å². The summed E-state index contributed by atoms with van der Waals surface area (Å²) in [5, 5.41) is 0. The van der Waals surface area contributed by atoms with Crippen molar-refractivity contribution >= 4 is 21.8 Å². The third kappa shape index (κ3) is 3.86. The van der Waals surface area contributed by atoms with Gasteiger partial charge < -0.3 is 4.90 Å². The molecule has 25 heavy (non-hydrogen) atoms. The summed E-state index contributed by atoms with van der Waals surface area (Å²) in [6.07, 6.45) is 5.70. The van der Waals surface area contributed by atoms with E-state index >= 15 is 0 Å². The van der Waals surface area contributed by atoms with Crippen LogP contribution in [0.2, 0.25) is 0 Å². The number of likely N-dealkylation sites (tertiary alicyclic amines) is 1. The van der Waals surface area contributed by atoms with Gasteiger partial charge in [-0.2, -0.15) is 0 Å². The minimum atomic E-state index is -3.58. The summed E-state index contributed by atoms with van der Waals surface area (Å²) in [4.78, 5) is 19.6. The second-order valence-electron chi connectivity index (χ2n) is 6.62. The molecule has 1 amide bonds.